The van der Waals surface area contributed by atoms with Gasteiger partial charge in [0.2, 0.25) is 9.84 Å². The first-order valence-electron chi connectivity index (χ1n) is 10.5. The Morgan fingerprint density at radius 3 is 2.41 bits per heavy atom. The summed E-state index contributed by atoms with van der Waals surface area (Å²) in [5.41, 5.74) is 1.53. The van der Waals surface area contributed by atoms with Crippen LogP contribution in [0.25, 0.3) is 0 Å². The van der Waals surface area contributed by atoms with E-state index in [1.165, 1.54) is 25.4 Å². The minimum atomic E-state index is -3.87. The largest absolute Gasteiger partial charge is 0.497 e. The Kier molecular flexibility index (Phi) is 7.67. The average Bonchev–Trinajstić information content (AvgIpc) is 2.77. The number of rotatable bonds is 7. The van der Waals surface area contributed by atoms with Crippen LogP contribution in [0.4, 0.5) is 5.69 Å². The number of sulfone groups is 1. The summed E-state index contributed by atoms with van der Waals surface area (Å²) in [6, 6.07) is 13.1. The maximum atomic E-state index is 13.3. The second kappa shape index (κ2) is 10.1. The Hall–Kier alpha value is -2.91. The molecule has 0 amide bonds. The summed E-state index contributed by atoms with van der Waals surface area (Å²) < 4.78 is 38.0. The van der Waals surface area contributed by atoms with Crippen LogP contribution in [0.2, 0.25) is 0 Å². The Labute approximate surface area is 208 Å². The van der Waals surface area contributed by atoms with Gasteiger partial charge in [0.25, 0.3) is 0 Å². The number of hydrogen-bond acceptors (Lipinski definition) is 7. The van der Waals surface area contributed by atoms with Gasteiger partial charge < -0.3 is 14.8 Å². The third-order valence-electron chi connectivity index (χ3n) is 4.85. The molecule has 0 bridgehead atoms. The number of pyridine rings is 1. The van der Waals surface area contributed by atoms with Crippen molar-refractivity contribution in [3.05, 3.63) is 75.9 Å². The molecule has 0 spiro atoms. The highest BCUT2D eigenvalue weighted by atomic mass is 79.9. The van der Waals surface area contributed by atoms with E-state index in [-0.39, 0.29) is 16.5 Å². The summed E-state index contributed by atoms with van der Waals surface area (Å²) in [5.74, 6) is 0.0823. The second-order valence-electron chi connectivity index (χ2n) is 8.65. The molecule has 0 saturated carbocycles. The van der Waals surface area contributed by atoms with Crippen LogP contribution in [0.15, 0.2) is 69.1 Å². The van der Waals surface area contributed by atoms with E-state index in [2.05, 4.69) is 26.2 Å². The predicted molar refractivity (Wildman–Crippen MR) is 134 cm³/mol. The molecule has 2 aromatic carbocycles. The maximum absolute atomic E-state index is 13.3. The number of ether oxygens (including phenoxy) is 2. The smallest absolute Gasteiger partial charge is 0.340 e. The standard InChI is InChI=1S/C25H27BrN2O5S/c1-16-13-18(26)14-21(24(29)33-25(2,3)4)22(16)28-15-17-7-6-12-27-23(17)34(30,31)20-10-8-19(32-5)9-11-20/h6-14,28H,15H2,1-5H3. The third-order valence-corrected chi connectivity index (χ3v) is 7.08. The molecule has 0 fully saturated rings. The Bertz CT molecular complexity index is 1300. The Morgan fingerprint density at radius 1 is 1.12 bits per heavy atom. The highest BCUT2D eigenvalue weighted by Crippen LogP contribution is 2.30. The highest BCUT2D eigenvalue weighted by Gasteiger charge is 2.25. The summed E-state index contributed by atoms with van der Waals surface area (Å²) in [7, 11) is -2.36. The van der Waals surface area contributed by atoms with E-state index in [0.29, 0.717) is 22.6 Å². The molecular formula is C25H27BrN2O5S. The number of methoxy groups -OCH3 is 1. The molecule has 0 unspecified atom stereocenters. The molecule has 3 aromatic rings. The van der Waals surface area contributed by atoms with Crippen molar-refractivity contribution >= 4 is 37.4 Å². The fraction of sp³-hybridized carbons (Fsp3) is 0.280. The number of carbonyl (C=O) groups is 1. The van der Waals surface area contributed by atoms with Crippen LogP contribution in [0.3, 0.4) is 0 Å². The zero-order chi connectivity index (χ0) is 25.1. The van der Waals surface area contributed by atoms with Crippen molar-refractivity contribution in [3.8, 4) is 5.75 Å². The normalized spacial score (nSPS) is 11.7. The van der Waals surface area contributed by atoms with Gasteiger partial charge in [-0.25, -0.2) is 18.2 Å². The average molecular weight is 547 g/mol. The van der Waals surface area contributed by atoms with Crippen molar-refractivity contribution < 1.29 is 22.7 Å². The molecule has 7 nitrogen and oxygen atoms in total. The predicted octanol–water partition coefficient (Wildman–Crippen LogP) is 5.56. The van der Waals surface area contributed by atoms with Crippen LogP contribution in [-0.2, 0) is 21.1 Å². The SMILES string of the molecule is COc1ccc(S(=O)(=O)c2ncccc2CNc2c(C)cc(Br)cc2C(=O)OC(C)(C)C)cc1. The molecule has 0 aliphatic heterocycles. The zero-order valence-electron chi connectivity index (χ0n) is 19.7. The summed E-state index contributed by atoms with van der Waals surface area (Å²) in [6.45, 7) is 7.40. The first-order chi connectivity index (χ1) is 15.9. The van der Waals surface area contributed by atoms with Gasteiger partial charge >= 0.3 is 5.97 Å². The second-order valence-corrected chi connectivity index (χ2v) is 11.4. The molecule has 0 saturated heterocycles. The molecular weight excluding hydrogens is 520 g/mol. The number of nitrogens with one attached hydrogen (secondary N) is 1. The van der Waals surface area contributed by atoms with Crippen LogP contribution >= 0.6 is 15.9 Å². The van der Waals surface area contributed by atoms with Gasteiger partial charge in [-0.15, -0.1) is 0 Å². The number of carbonyl (C=O) groups excluding carboxylic acids is 1. The minimum Gasteiger partial charge on any atom is -0.497 e. The summed E-state index contributed by atoms with van der Waals surface area (Å²) in [6.07, 6.45) is 1.44. The molecule has 1 heterocycles. The number of hydrogen-bond donors (Lipinski definition) is 1. The van der Waals surface area contributed by atoms with Crippen molar-refractivity contribution in [2.75, 3.05) is 12.4 Å². The van der Waals surface area contributed by atoms with Crippen LogP contribution < -0.4 is 10.1 Å². The van der Waals surface area contributed by atoms with Gasteiger partial charge in [-0.2, -0.15) is 0 Å². The summed E-state index contributed by atoms with van der Waals surface area (Å²) in [4.78, 5) is 17.1. The number of halogens is 1. The van der Waals surface area contributed by atoms with Crippen LogP contribution in [0.1, 0.15) is 42.3 Å². The van der Waals surface area contributed by atoms with E-state index in [9.17, 15) is 13.2 Å². The summed E-state index contributed by atoms with van der Waals surface area (Å²) in [5, 5.41) is 3.17. The fourth-order valence-electron chi connectivity index (χ4n) is 3.32. The van der Waals surface area contributed by atoms with Crippen LogP contribution in [0.5, 0.6) is 5.75 Å². The Morgan fingerprint density at radius 2 is 1.79 bits per heavy atom. The lowest BCUT2D eigenvalue weighted by Gasteiger charge is -2.22. The van der Waals surface area contributed by atoms with Crippen LogP contribution in [0, 0.1) is 6.92 Å². The summed E-state index contributed by atoms with van der Waals surface area (Å²) >= 11 is 3.43. The van der Waals surface area contributed by atoms with Crippen molar-refractivity contribution in [1.82, 2.24) is 4.98 Å². The molecule has 180 valence electrons. The molecule has 3 rings (SSSR count). The molecule has 1 aromatic heterocycles. The molecule has 34 heavy (non-hydrogen) atoms. The maximum Gasteiger partial charge on any atom is 0.340 e. The van der Waals surface area contributed by atoms with Gasteiger partial charge in [-0.1, -0.05) is 22.0 Å². The number of esters is 1. The minimum absolute atomic E-state index is 0.0544. The fourth-order valence-corrected chi connectivity index (χ4v) is 5.30. The molecule has 0 atom stereocenters. The van der Waals surface area contributed by atoms with Gasteiger partial charge in [0.05, 0.1) is 23.3 Å². The zero-order valence-corrected chi connectivity index (χ0v) is 22.1. The lowest BCUT2D eigenvalue weighted by Crippen LogP contribution is -2.24. The van der Waals surface area contributed by atoms with Gasteiger partial charge in [-0.3, -0.25) is 0 Å². The first-order valence-corrected chi connectivity index (χ1v) is 12.8. The van der Waals surface area contributed by atoms with Gasteiger partial charge in [0, 0.05) is 22.8 Å². The van der Waals surface area contributed by atoms with E-state index in [1.807, 2.05) is 13.0 Å². The number of nitrogens with zero attached hydrogens (tertiary/aromatic N) is 1. The number of benzene rings is 2. The van der Waals surface area contributed by atoms with E-state index in [1.54, 1.807) is 51.1 Å². The monoisotopic (exact) mass is 546 g/mol. The molecule has 0 radical (unpaired) electrons. The number of aryl methyl sites for hydroxylation is 1. The number of anilines is 1. The highest BCUT2D eigenvalue weighted by molar-refractivity contribution is 9.10. The molecule has 1 N–H and O–H groups in total. The van der Waals surface area contributed by atoms with E-state index >= 15 is 0 Å². The lowest BCUT2D eigenvalue weighted by molar-refractivity contribution is 0.00704. The lowest BCUT2D eigenvalue weighted by atomic mass is 10.1. The first kappa shape index (κ1) is 25.7. The molecule has 0 aliphatic carbocycles. The van der Waals surface area contributed by atoms with E-state index < -0.39 is 21.4 Å². The number of aromatic nitrogens is 1. The van der Waals surface area contributed by atoms with Crippen LogP contribution in [-0.4, -0.2) is 32.1 Å². The van der Waals surface area contributed by atoms with Crippen molar-refractivity contribution in [3.63, 3.8) is 0 Å². The van der Waals surface area contributed by atoms with E-state index in [0.717, 1.165) is 10.0 Å². The van der Waals surface area contributed by atoms with E-state index in [4.69, 9.17) is 9.47 Å². The van der Waals surface area contributed by atoms with Crippen molar-refractivity contribution in [2.24, 2.45) is 0 Å². The molecule has 9 heteroatoms. The van der Waals surface area contributed by atoms with Gasteiger partial charge in [0.15, 0.2) is 5.03 Å². The third kappa shape index (κ3) is 5.95. The van der Waals surface area contributed by atoms with Crippen molar-refractivity contribution in [1.29, 1.82) is 0 Å². The van der Waals surface area contributed by atoms with Crippen molar-refractivity contribution in [2.45, 2.75) is 49.8 Å². The topological polar surface area (TPSA) is 94.6 Å². The van der Waals surface area contributed by atoms with Gasteiger partial charge in [0.1, 0.15) is 11.4 Å². The molecule has 0 aliphatic rings. The Balaban J connectivity index is 1.95. The quantitative estimate of drug-likeness (QED) is 0.387. The van der Waals surface area contributed by atoms with Gasteiger partial charge in [-0.05, 0) is 75.7 Å².